The highest BCUT2D eigenvalue weighted by Crippen LogP contribution is 2.34. The quantitative estimate of drug-likeness (QED) is 0.559. The minimum Gasteiger partial charge on any atom is -0.497 e. The lowest BCUT2D eigenvalue weighted by Gasteiger charge is -2.31. The minimum atomic E-state index is -3.46. The van der Waals surface area contributed by atoms with Crippen molar-refractivity contribution >= 4 is 32.9 Å². The van der Waals surface area contributed by atoms with Gasteiger partial charge in [0.25, 0.3) is 0 Å². The molecule has 0 unspecified atom stereocenters. The first-order chi connectivity index (χ1) is 15.4. The third kappa shape index (κ3) is 4.56. The summed E-state index contributed by atoms with van der Waals surface area (Å²) in [6.07, 6.45) is 7.15. The number of nitrogens with zero attached hydrogens (tertiary/aromatic N) is 1. The van der Waals surface area contributed by atoms with E-state index in [2.05, 4.69) is 22.0 Å². The number of carbonyl (C=O) groups excluding carboxylic acids is 1. The van der Waals surface area contributed by atoms with Crippen molar-refractivity contribution in [2.24, 2.45) is 0 Å². The predicted octanol–water partition coefficient (Wildman–Crippen LogP) is 3.50. The summed E-state index contributed by atoms with van der Waals surface area (Å²) in [5, 5.41) is 1.18. The van der Waals surface area contributed by atoms with E-state index in [1.54, 1.807) is 31.4 Å². The Balaban J connectivity index is 1.38. The number of ether oxygens (including phenoxy) is 1. The van der Waals surface area contributed by atoms with Crippen molar-refractivity contribution in [1.29, 1.82) is 0 Å². The first-order valence-electron chi connectivity index (χ1n) is 10.6. The van der Waals surface area contributed by atoms with E-state index in [-0.39, 0.29) is 10.8 Å². The molecule has 32 heavy (non-hydrogen) atoms. The zero-order chi connectivity index (χ0) is 22.7. The van der Waals surface area contributed by atoms with Gasteiger partial charge < -0.3 is 14.6 Å². The van der Waals surface area contributed by atoms with Gasteiger partial charge in [0.1, 0.15) is 5.75 Å². The molecule has 0 aliphatic carbocycles. The predicted molar refractivity (Wildman–Crippen MR) is 125 cm³/mol. The zero-order valence-corrected chi connectivity index (χ0v) is 19.0. The summed E-state index contributed by atoms with van der Waals surface area (Å²) < 4.78 is 31.3. The number of fused-ring (bicyclic) bond motifs is 1. The van der Waals surface area contributed by atoms with Crippen molar-refractivity contribution in [3.63, 3.8) is 0 Å². The molecule has 1 aliphatic heterocycles. The van der Waals surface area contributed by atoms with Crippen LogP contribution in [-0.2, 0) is 14.8 Å². The number of aromatic nitrogens is 1. The molecule has 1 aliphatic rings. The van der Waals surface area contributed by atoms with Crippen LogP contribution in [0, 0.1) is 0 Å². The number of carbonyl (C=O) groups is 1. The monoisotopic (exact) mass is 453 g/mol. The van der Waals surface area contributed by atoms with Crippen LogP contribution in [0.5, 0.6) is 5.75 Å². The molecule has 7 nitrogen and oxygen atoms in total. The number of H-pyrrole nitrogens is 1. The number of nitrogens with one attached hydrogen (secondary N) is 2. The number of rotatable bonds is 6. The fourth-order valence-electron chi connectivity index (χ4n) is 4.15. The maximum Gasteiger partial charge on any atom is 0.246 e. The molecule has 8 heteroatoms. The van der Waals surface area contributed by atoms with Crippen LogP contribution in [0.1, 0.15) is 29.9 Å². The Kier molecular flexibility index (Phi) is 6.34. The Labute approximate surface area is 188 Å². The van der Waals surface area contributed by atoms with E-state index >= 15 is 0 Å². The van der Waals surface area contributed by atoms with Crippen molar-refractivity contribution in [3.8, 4) is 5.75 Å². The highest BCUT2D eigenvalue weighted by molar-refractivity contribution is 7.89. The molecule has 0 saturated carbocycles. The molecular weight excluding hydrogens is 426 g/mol. The summed E-state index contributed by atoms with van der Waals surface area (Å²) in [5.74, 6) is 1.20. The lowest BCUT2D eigenvalue weighted by atomic mass is 9.89. The van der Waals surface area contributed by atoms with Crippen LogP contribution in [0.15, 0.2) is 59.6 Å². The Morgan fingerprint density at radius 1 is 1.16 bits per heavy atom. The molecule has 4 rings (SSSR count). The lowest BCUT2D eigenvalue weighted by molar-refractivity contribution is -0.126. The summed E-state index contributed by atoms with van der Waals surface area (Å²) in [7, 11) is -0.418. The standard InChI is InChI=1S/C24H27N3O4S/c1-25-32(29,30)20-7-3-17(4-8-20)5-10-24(28)27-13-11-18(12-14-27)22-16-26-23-9-6-19(31-2)15-21(22)23/h3-10,15-16,18,25-26H,11-14H2,1-2H3/b10-5+. The van der Waals surface area contributed by atoms with Crippen LogP contribution in [0.4, 0.5) is 0 Å². The fraction of sp³-hybridized carbons (Fsp3) is 0.292. The molecule has 168 valence electrons. The SMILES string of the molecule is CNS(=O)(=O)c1ccc(/C=C/C(=O)N2CCC(c3c[nH]c4ccc(OC)cc34)CC2)cc1. The zero-order valence-electron chi connectivity index (χ0n) is 18.2. The summed E-state index contributed by atoms with van der Waals surface area (Å²) in [6.45, 7) is 1.40. The average molecular weight is 454 g/mol. The van der Waals surface area contributed by atoms with E-state index in [9.17, 15) is 13.2 Å². The maximum absolute atomic E-state index is 12.6. The normalized spacial score (nSPS) is 15.5. The summed E-state index contributed by atoms with van der Waals surface area (Å²) >= 11 is 0. The van der Waals surface area contributed by atoms with Gasteiger partial charge in [0.15, 0.2) is 0 Å². The highest BCUT2D eigenvalue weighted by atomic mass is 32.2. The second-order valence-electron chi connectivity index (χ2n) is 7.87. The number of amides is 1. The van der Waals surface area contributed by atoms with Crippen molar-refractivity contribution in [3.05, 3.63) is 65.9 Å². The van der Waals surface area contributed by atoms with Crippen molar-refractivity contribution < 1.29 is 17.9 Å². The number of likely N-dealkylation sites (tertiary alicyclic amines) is 1. The van der Waals surface area contributed by atoms with Crippen LogP contribution in [0.2, 0.25) is 0 Å². The van der Waals surface area contributed by atoms with Gasteiger partial charge in [-0.15, -0.1) is 0 Å². The second kappa shape index (κ2) is 9.18. The minimum absolute atomic E-state index is 0.0315. The first kappa shape index (κ1) is 22.1. The third-order valence-corrected chi connectivity index (χ3v) is 7.48. The Hall–Kier alpha value is -3.10. The Bertz CT molecular complexity index is 1240. The van der Waals surface area contributed by atoms with Crippen LogP contribution >= 0.6 is 0 Å². The van der Waals surface area contributed by atoms with Gasteiger partial charge in [0, 0.05) is 36.3 Å². The molecule has 2 N–H and O–H groups in total. The summed E-state index contributed by atoms with van der Waals surface area (Å²) in [6, 6.07) is 12.5. The van der Waals surface area contributed by atoms with Crippen molar-refractivity contribution in [2.45, 2.75) is 23.7 Å². The highest BCUT2D eigenvalue weighted by Gasteiger charge is 2.24. The van der Waals surface area contributed by atoms with Gasteiger partial charge in [-0.25, -0.2) is 13.1 Å². The van der Waals surface area contributed by atoms with E-state index in [0.29, 0.717) is 19.0 Å². The number of benzene rings is 2. The van der Waals surface area contributed by atoms with Gasteiger partial charge in [0.2, 0.25) is 15.9 Å². The third-order valence-electron chi connectivity index (χ3n) is 6.04. The van der Waals surface area contributed by atoms with Gasteiger partial charge in [-0.1, -0.05) is 12.1 Å². The molecule has 1 saturated heterocycles. The number of sulfonamides is 1. The molecule has 2 heterocycles. The first-order valence-corrected chi connectivity index (χ1v) is 12.0. The summed E-state index contributed by atoms with van der Waals surface area (Å²) in [5.41, 5.74) is 3.14. The van der Waals surface area contributed by atoms with E-state index < -0.39 is 10.0 Å². The van der Waals surface area contributed by atoms with E-state index in [1.165, 1.54) is 30.1 Å². The molecule has 1 amide bonds. The van der Waals surface area contributed by atoms with Gasteiger partial charge in [0.05, 0.1) is 12.0 Å². The smallest absolute Gasteiger partial charge is 0.246 e. The topological polar surface area (TPSA) is 91.5 Å². The number of hydrogen-bond donors (Lipinski definition) is 2. The number of aromatic amines is 1. The molecule has 3 aromatic rings. The molecular formula is C24H27N3O4S. The van der Waals surface area contributed by atoms with Crippen molar-refractivity contribution in [2.75, 3.05) is 27.2 Å². The van der Waals surface area contributed by atoms with E-state index in [4.69, 9.17) is 4.74 Å². The molecule has 0 bridgehead atoms. The molecule has 0 atom stereocenters. The average Bonchev–Trinajstić information content (AvgIpc) is 3.26. The van der Waals surface area contributed by atoms with Gasteiger partial charge in [-0.05, 0) is 73.3 Å². The van der Waals surface area contributed by atoms with Gasteiger partial charge in [-0.2, -0.15) is 0 Å². The van der Waals surface area contributed by atoms with E-state index in [1.807, 2.05) is 17.0 Å². The molecule has 1 fully saturated rings. The summed E-state index contributed by atoms with van der Waals surface area (Å²) in [4.78, 5) is 18.0. The largest absolute Gasteiger partial charge is 0.497 e. The van der Waals surface area contributed by atoms with Crippen LogP contribution in [-0.4, -0.2) is 51.5 Å². The molecule has 1 aromatic heterocycles. The number of methoxy groups -OCH3 is 1. The van der Waals surface area contributed by atoms with Crippen LogP contribution in [0.3, 0.4) is 0 Å². The Morgan fingerprint density at radius 2 is 1.88 bits per heavy atom. The lowest BCUT2D eigenvalue weighted by Crippen LogP contribution is -2.36. The van der Waals surface area contributed by atoms with Crippen LogP contribution in [0.25, 0.3) is 17.0 Å². The number of hydrogen-bond acceptors (Lipinski definition) is 4. The molecule has 0 radical (unpaired) electrons. The Morgan fingerprint density at radius 3 is 2.53 bits per heavy atom. The van der Waals surface area contributed by atoms with E-state index in [0.717, 1.165) is 29.7 Å². The maximum atomic E-state index is 12.6. The van der Waals surface area contributed by atoms with Crippen LogP contribution < -0.4 is 9.46 Å². The number of piperidine rings is 1. The molecule has 0 spiro atoms. The second-order valence-corrected chi connectivity index (χ2v) is 9.75. The van der Waals surface area contributed by atoms with Crippen molar-refractivity contribution in [1.82, 2.24) is 14.6 Å². The van der Waals surface area contributed by atoms with Gasteiger partial charge in [-0.3, -0.25) is 4.79 Å². The molecule has 2 aromatic carbocycles. The van der Waals surface area contributed by atoms with Gasteiger partial charge >= 0.3 is 0 Å². The fourth-order valence-corrected chi connectivity index (χ4v) is 4.88.